The highest BCUT2D eigenvalue weighted by Crippen LogP contribution is 2.48. The number of nitrogens with one attached hydrogen (secondary N) is 2. The highest BCUT2D eigenvalue weighted by atomic mass is 79.9. The number of pyridine rings is 1. The monoisotopic (exact) mass is 631 g/mol. The SMILES string of the molecule is CNC(=O)C1c2cc(-c3cc(C(=O)NCC(C)C)ccc3OCc3ccnc(Br)c3)ccc2OC1c1ccc(F)cc1. The summed E-state index contributed by atoms with van der Waals surface area (Å²) in [5.74, 6) is 0.0254. The Labute approximate surface area is 252 Å². The molecule has 2 atom stereocenters. The van der Waals surface area contributed by atoms with Crippen molar-refractivity contribution in [3.63, 3.8) is 0 Å². The van der Waals surface area contributed by atoms with Crippen molar-refractivity contribution in [2.75, 3.05) is 13.6 Å². The van der Waals surface area contributed by atoms with Crippen molar-refractivity contribution in [3.8, 4) is 22.6 Å². The van der Waals surface area contributed by atoms with Crippen LogP contribution in [0.15, 0.2) is 83.6 Å². The zero-order valence-electron chi connectivity index (χ0n) is 23.5. The van der Waals surface area contributed by atoms with Crippen molar-refractivity contribution in [1.29, 1.82) is 0 Å². The van der Waals surface area contributed by atoms with Crippen LogP contribution in [0, 0.1) is 11.7 Å². The zero-order valence-corrected chi connectivity index (χ0v) is 25.1. The van der Waals surface area contributed by atoms with Crippen molar-refractivity contribution >= 4 is 27.7 Å². The molecule has 2 amide bonds. The lowest BCUT2D eigenvalue weighted by molar-refractivity contribution is -0.123. The number of hydrogen-bond acceptors (Lipinski definition) is 5. The van der Waals surface area contributed by atoms with Gasteiger partial charge in [0.25, 0.3) is 5.91 Å². The molecule has 3 aromatic carbocycles. The fraction of sp³-hybridized carbons (Fsp3) is 0.242. The molecular formula is C33H31BrFN3O4. The Morgan fingerprint density at radius 1 is 1.05 bits per heavy atom. The van der Waals surface area contributed by atoms with Gasteiger partial charge < -0.3 is 20.1 Å². The molecule has 0 spiro atoms. The summed E-state index contributed by atoms with van der Waals surface area (Å²) in [6.07, 6.45) is 1.08. The molecule has 2 N–H and O–H groups in total. The number of likely N-dealkylation sites (N-methyl/N-ethyl adjacent to an activating group) is 1. The van der Waals surface area contributed by atoms with Crippen molar-refractivity contribution < 1.29 is 23.5 Å². The average Bonchev–Trinajstić information content (AvgIpc) is 3.37. The lowest BCUT2D eigenvalue weighted by atomic mass is 9.88. The Morgan fingerprint density at radius 3 is 2.55 bits per heavy atom. The molecule has 0 saturated heterocycles. The fourth-order valence-corrected chi connectivity index (χ4v) is 5.31. The van der Waals surface area contributed by atoms with Crippen LogP contribution in [0.25, 0.3) is 11.1 Å². The van der Waals surface area contributed by atoms with Crippen LogP contribution in [0.2, 0.25) is 0 Å². The summed E-state index contributed by atoms with van der Waals surface area (Å²) in [5.41, 5.74) is 4.26. The van der Waals surface area contributed by atoms with Crippen molar-refractivity contribution in [1.82, 2.24) is 15.6 Å². The molecule has 0 bridgehead atoms. The van der Waals surface area contributed by atoms with Gasteiger partial charge in [0.15, 0.2) is 0 Å². The maximum atomic E-state index is 13.6. The second-order valence-electron chi connectivity index (χ2n) is 10.5. The first kappa shape index (κ1) is 29.3. The number of carbonyl (C=O) groups excluding carboxylic acids is 2. The number of ether oxygens (including phenoxy) is 2. The van der Waals surface area contributed by atoms with Crippen LogP contribution in [-0.4, -0.2) is 30.4 Å². The van der Waals surface area contributed by atoms with Crippen LogP contribution >= 0.6 is 15.9 Å². The van der Waals surface area contributed by atoms with E-state index in [1.807, 2.05) is 44.2 Å². The van der Waals surface area contributed by atoms with E-state index in [2.05, 4.69) is 31.5 Å². The number of fused-ring (bicyclic) bond motifs is 1. The number of halogens is 2. The maximum absolute atomic E-state index is 13.6. The third-order valence-electron chi connectivity index (χ3n) is 7.04. The molecule has 2 heterocycles. The van der Waals surface area contributed by atoms with E-state index in [0.717, 1.165) is 11.1 Å². The zero-order chi connectivity index (χ0) is 29.8. The molecule has 1 aromatic heterocycles. The predicted octanol–water partition coefficient (Wildman–Crippen LogP) is 6.58. The molecule has 0 radical (unpaired) electrons. The van der Waals surface area contributed by atoms with E-state index in [4.69, 9.17) is 9.47 Å². The summed E-state index contributed by atoms with van der Waals surface area (Å²) in [6.45, 7) is 4.91. The number of nitrogens with zero attached hydrogens (tertiary/aromatic N) is 1. The van der Waals surface area contributed by atoms with E-state index < -0.39 is 12.0 Å². The summed E-state index contributed by atoms with van der Waals surface area (Å²) in [4.78, 5) is 30.3. The minimum atomic E-state index is -0.661. The van der Waals surface area contributed by atoms with Crippen molar-refractivity contribution in [2.45, 2.75) is 32.5 Å². The number of rotatable bonds is 9. The van der Waals surface area contributed by atoms with Gasteiger partial charge in [0.1, 0.15) is 40.5 Å². The summed E-state index contributed by atoms with van der Waals surface area (Å²) in [5, 5.41) is 5.71. The summed E-state index contributed by atoms with van der Waals surface area (Å²) >= 11 is 3.39. The van der Waals surface area contributed by atoms with Gasteiger partial charge in [-0.3, -0.25) is 9.59 Å². The molecule has 42 heavy (non-hydrogen) atoms. The fourth-order valence-electron chi connectivity index (χ4n) is 4.90. The lowest BCUT2D eigenvalue weighted by Crippen LogP contribution is -2.28. The second-order valence-corrected chi connectivity index (χ2v) is 11.3. The lowest BCUT2D eigenvalue weighted by Gasteiger charge is -2.18. The van der Waals surface area contributed by atoms with Gasteiger partial charge in [-0.25, -0.2) is 9.37 Å². The van der Waals surface area contributed by atoms with E-state index in [1.54, 1.807) is 43.6 Å². The van der Waals surface area contributed by atoms with Crippen LogP contribution < -0.4 is 20.1 Å². The van der Waals surface area contributed by atoms with Crippen LogP contribution in [0.3, 0.4) is 0 Å². The molecular weight excluding hydrogens is 601 g/mol. The number of amides is 2. The van der Waals surface area contributed by atoms with Gasteiger partial charge >= 0.3 is 0 Å². The normalized spacial score (nSPS) is 15.6. The van der Waals surface area contributed by atoms with Crippen molar-refractivity contribution in [2.24, 2.45) is 5.92 Å². The van der Waals surface area contributed by atoms with Crippen molar-refractivity contribution in [3.05, 3.63) is 112 Å². The highest BCUT2D eigenvalue weighted by Gasteiger charge is 2.40. The van der Waals surface area contributed by atoms with E-state index in [-0.39, 0.29) is 24.2 Å². The molecule has 2 unspecified atom stereocenters. The van der Waals surface area contributed by atoms with E-state index in [1.165, 1.54) is 12.1 Å². The molecule has 0 aliphatic carbocycles. The van der Waals surface area contributed by atoms with Gasteiger partial charge in [-0.2, -0.15) is 0 Å². The topological polar surface area (TPSA) is 89.6 Å². The van der Waals surface area contributed by atoms with Crippen LogP contribution in [0.1, 0.15) is 52.9 Å². The van der Waals surface area contributed by atoms with Crippen LogP contribution in [-0.2, 0) is 11.4 Å². The Hall–Kier alpha value is -4.24. The Balaban J connectivity index is 1.54. The molecule has 5 rings (SSSR count). The molecule has 9 heteroatoms. The summed E-state index contributed by atoms with van der Waals surface area (Å²) in [7, 11) is 1.58. The highest BCUT2D eigenvalue weighted by molar-refractivity contribution is 9.10. The number of carbonyl (C=O) groups is 2. The first-order valence-electron chi connectivity index (χ1n) is 13.7. The third kappa shape index (κ3) is 6.46. The van der Waals surface area contributed by atoms with E-state index in [0.29, 0.717) is 50.8 Å². The van der Waals surface area contributed by atoms with Gasteiger partial charge in [-0.05, 0) is 93.1 Å². The summed E-state index contributed by atoms with van der Waals surface area (Å²) in [6, 6.07) is 20.7. The molecule has 216 valence electrons. The minimum Gasteiger partial charge on any atom is -0.488 e. The maximum Gasteiger partial charge on any atom is 0.251 e. The third-order valence-corrected chi connectivity index (χ3v) is 7.47. The van der Waals surface area contributed by atoms with E-state index >= 15 is 0 Å². The average molecular weight is 633 g/mol. The molecule has 4 aromatic rings. The van der Waals surface area contributed by atoms with Crippen LogP contribution in [0.5, 0.6) is 11.5 Å². The molecule has 1 aliphatic rings. The van der Waals surface area contributed by atoms with Gasteiger partial charge in [-0.15, -0.1) is 0 Å². The second kappa shape index (κ2) is 12.7. The predicted molar refractivity (Wildman–Crippen MR) is 162 cm³/mol. The molecule has 0 saturated carbocycles. The first-order chi connectivity index (χ1) is 20.2. The minimum absolute atomic E-state index is 0.182. The van der Waals surface area contributed by atoms with Crippen LogP contribution in [0.4, 0.5) is 4.39 Å². The Kier molecular flexibility index (Phi) is 8.87. The smallest absolute Gasteiger partial charge is 0.251 e. The first-order valence-corrected chi connectivity index (χ1v) is 14.5. The van der Waals surface area contributed by atoms with Gasteiger partial charge in [0.2, 0.25) is 5.91 Å². The Bertz CT molecular complexity index is 1610. The molecule has 0 fully saturated rings. The van der Waals surface area contributed by atoms with Gasteiger partial charge in [0, 0.05) is 36.5 Å². The largest absolute Gasteiger partial charge is 0.488 e. The van der Waals surface area contributed by atoms with E-state index in [9.17, 15) is 14.0 Å². The summed E-state index contributed by atoms with van der Waals surface area (Å²) < 4.78 is 26.8. The van der Waals surface area contributed by atoms with Gasteiger partial charge in [-0.1, -0.05) is 32.0 Å². The Morgan fingerprint density at radius 2 is 1.83 bits per heavy atom. The quantitative estimate of drug-likeness (QED) is 0.204. The number of aromatic nitrogens is 1. The molecule has 1 aliphatic heterocycles. The standard InChI is InChI=1S/C33H31BrFN3O4/c1-19(2)17-38-32(39)23-7-10-27(41-18-20-12-13-37-29(34)14-20)25(16-23)22-6-11-28-26(15-22)30(33(40)36-3)31(42-28)21-4-8-24(35)9-5-21/h4-16,19,30-31H,17-18H2,1-3H3,(H,36,40)(H,38,39). The number of hydrogen-bond donors (Lipinski definition) is 2. The molecule has 7 nitrogen and oxygen atoms in total. The number of benzene rings is 3. The van der Waals surface area contributed by atoms with Gasteiger partial charge in [0.05, 0.1) is 0 Å².